The van der Waals surface area contributed by atoms with Gasteiger partial charge in [0.05, 0.1) is 83.4 Å². The second kappa shape index (κ2) is 20.6. The fourth-order valence-electron chi connectivity index (χ4n) is 9.33. The van der Waals surface area contributed by atoms with Crippen LogP contribution < -0.4 is 39.1 Å². The number of methoxy groups -OCH3 is 4. The minimum absolute atomic E-state index is 0.0599. The Labute approximate surface area is 397 Å². The van der Waals surface area contributed by atoms with Crippen LogP contribution in [0.3, 0.4) is 0 Å². The largest absolute Gasteiger partial charge is 0.497 e. The third-order valence-electron chi connectivity index (χ3n) is 13.0. The summed E-state index contributed by atoms with van der Waals surface area (Å²) in [7, 11) is -1.19. The van der Waals surface area contributed by atoms with E-state index in [9.17, 15) is 27.1 Å². The van der Waals surface area contributed by atoms with Crippen molar-refractivity contribution in [2.24, 2.45) is 0 Å². The molecule has 18 heteroatoms. The van der Waals surface area contributed by atoms with E-state index in [-0.39, 0.29) is 54.3 Å². The Hall–Kier alpha value is -6.16. The highest BCUT2D eigenvalue weighted by Crippen LogP contribution is 2.48. The van der Waals surface area contributed by atoms with Crippen molar-refractivity contribution in [2.75, 3.05) is 77.3 Å². The van der Waals surface area contributed by atoms with Crippen LogP contribution in [0.15, 0.2) is 85.2 Å². The quantitative estimate of drug-likeness (QED) is 0.0433. The molecule has 4 aliphatic rings. The first-order valence-corrected chi connectivity index (χ1v) is 26.6. The van der Waals surface area contributed by atoms with Gasteiger partial charge in [-0.3, -0.25) is 14.1 Å². The second-order valence-electron chi connectivity index (χ2n) is 17.4. The molecular weight excluding hydrogens is 912 g/mol. The minimum Gasteiger partial charge on any atom is -0.497 e. The zero-order valence-electron chi connectivity index (χ0n) is 39.0. The molecule has 0 aliphatic carbocycles. The summed E-state index contributed by atoms with van der Waals surface area (Å²) in [4.78, 5) is 31.1. The number of nitrogens with zero attached hydrogens (tertiary/aromatic N) is 2. The van der Waals surface area contributed by atoms with Crippen molar-refractivity contribution >= 4 is 51.6 Å². The number of ether oxygens (including phenoxy) is 6. The minimum atomic E-state index is -4.71. The molecule has 0 saturated carbocycles. The maximum Gasteiger partial charge on any atom is 0.288 e. The molecule has 4 aromatic rings. The van der Waals surface area contributed by atoms with Gasteiger partial charge in [0.2, 0.25) is 0 Å². The van der Waals surface area contributed by atoms with E-state index in [1.165, 1.54) is 31.3 Å². The maximum absolute atomic E-state index is 14.4. The number of rotatable bonds is 20. The molecule has 2 unspecified atom stereocenters. The van der Waals surface area contributed by atoms with Crippen LogP contribution in [0.1, 0.15) is 77.3 Å². The molecule has 0 bridgehead atoms. The van der Waals surface area contributed by atoms with Gasteiger partial charge in [0.15, 0.2) is 28.4 Å². The van der Waals surface area contributed by atoms with Gasteiger partial charge in [0, 0.05) is 49.6 Å². The molecule has 2 amide bonds. The van der Waals surface area contributed by atoms with Crippen molar-refractivity contribution < 1.29 is 55.5 Å². The summed E-state index contributed by atoms with van der Waals surface area (Å²) in [6, 6.07) is 20.6. The Morgan fingerprint density at radius 2 is 1.16 bits per heavy atom. The Kier molecular flexibility index (Phi) is 14.6. The average Bonchev–Trinajstić information content (AvgIpc) is 3.94. The molecular formula is C50H59N4O12PS. The van der Waals surface area contributed by atoms with Crippen molar-refractivity contribution in [3.63, 3.8) is 0 Å². The van der Waals surface area contributed by atoms with Gasteiger partial charge < -0.3 is 53.4 Å². The van der Waals surface area contributed by atoms with E-state index in [4.69, 9.17) is 28.4 Å². The van der Waals surface area contributed by atoms with Crippen LogP contribution in [-0.2, 0) is 14.7 Å². The molecule has 4 atom stereocenters. The number of hydrogen-bond donors (Lipinski definition) is 3. The number of benzene rings is 4. The molecule has 3 N–H and O–H groups in total. The first-order chi connectivity index (χ1) is 32.8. The molecule has 362 valence electrons. The van der Waals surface area contributed by atoms with E-state index < -0.39 is 34.6 Å². The maximum atomic E-state index is 14.4. The van der Waals surface area contributed by atoms with Gasteiger partial charge in [-0.15, -0.1) is 0 Å². The van der Waals surface area contributed by atoms with E-state index >= 15 is 0 Å². The van der Waals surface area contributed by atoms with Crippen molar-refractivity contribution in [3.8, 4) is 34.5 Å². The zero-order valence-corrected chi connectivity index (χ0v) is 40.7. The highest BCUT2D eigenvalue weighted by atomic mass is 32.2. The Morgan fingerprint density at radius 3 is 1.69 bits per heavy atom. The van der Waals surface area contributed by atoms with Gasteiger partial charge in [0.25, 0.3) is 21.9 Å². The fraction of sp³-hybridized carbons (Fsp3) is 0.400. The number of carbonyl (C=O) groups excluding carboxylic acids is 2. The lowest BCUT2D eigenvalue weighted by Gasteiger charge is -2.26. The third-order valence-corrected chi connectivity index (χ3v) is 17.5. The van der Waals surface area contributed by atoms with E-state index in [2.05, 4.69) is 17.6 Å². The molecule has 4 aromatic carbocycles. The van der Waals surface area contributed by atoms with Crippen LogP contribution in [0, 0.1) is 0 Å². The number of unbranched alkanes of at least 4 members (excludes halogenated alkanes) is 1. The number of anilines is 2. The molecule has 0 fully saturated rings. The van der Waals surface area contributed by atoms with Crippen LogP contribution in [0.5, 0.6) is 34.5 Å². The van der Waals surface area contributed by atoms with E-state index in [0.29, 0.717) is 72.8 Å². The number of hydrogen-bond acceptors (Lipinski definition) is 13. The first kappa shape index (κ1) is 48.3. The summed E-state index contributed by atoms with van der Waals surface area (Å²) in [5.41, 5.74) is 5.09. The summed E-state index contributed by atoms with van der Waals surface area (Å²) < 4.78 is 84.9. The van der Waals surface area contributed by atoms with Gasteiger partial charge in [-0.2, -0.15) is 8.42 Å². The number of amides is 2. The van der Waals surface area contributed by atoms with Crippen LogP contribution in [0.2, 0.25) is 0 Å². The monoisotopic (exact) mass is 970 g/mol. The SMILES string of the molecule is CCCCP(=O)(CCCOc1cc2c(cc1OC)C(=O)N1C=C(c3ccc(OC)cc3)C[C@H]1CN2)CCCOc1cc2c(cc1OC)C(=O)N1C=C(c3ccc(OC)cc3)C[C@H]1C(S(=O)(=O)O)N2. The average molecular weight is 971 g/mol. The lowest BCUT2D eigenvalue weighted by molar-refractivity contribution is 0.0784. The van der Waals surface area contributed by atoms with E-state index in [1.54, 1.807) is 43.5 Å². The molecule has 0 saturated heterocycles. The molecule has 68 heavy (non-hydrogen) atoms. The predicted molar refractivity (Wildman–Crippen MR) is 262 cm³/mol. The van der Waals surface area contributed by atoms with Gasteiger partial charge >= 0.3 is 0 Å². The summed E-state index contributed by atoms with van der Waals surface area (Å²) >= 11 is 0. The van der Waals surface area contributed by atoms with Gasteiger partial charge in [-0.25, -0.2) is 0 Å². The van der Waals surface area contributed by atoms with Crippen molar-refractivity contribution in [1.29, 1.82) is 0 Å². The topological polar surface area (TPSA) is 192 Å². The highest BCUT2D eigenvalue weighted by molar-refractivity contribution is 7.86. The normalized spacial score (nSPS) is 19.4. The number of carbonyl (C=O) groups is 2. The summed E-state index contributed by atoms with van der Waals surface area (Å²) in [6.07, 6.45) is 8.61. The predicted octanol–water partition coefficient (Wildman–Crippen LogP) is 8.70. The molecule has 0 spiro atoms. The molecule has 4 heterocycles. The molecule has 8 rings (SSSR count). The Balaban J connectivity index is 0.892. The Bertz CT molecular complexity index is 2750. The summed E-state index contributed by atoms with van der Waals surface area (Å²) in [5, 5.41) is 4.85. The van der Waals surface area contributed by atoms with Gasteiger partial charge in [-0.05, 0) is 90.8 Å². The Morgan fingerprint density at radius 1 is 0.662 bits per heavy atom. The molecule has 0 radical (unpaired) electrons. The smallest absolute Gasteiger partial charge is 0.288 e. The van der Waals surface area contributed by atoms with Gasteiger partial charge in [0.1, 0.15) is 11.5 Å². The van der Waals surface area contributed by atoms with Crippen molar-refractivity contribution in [3.05, 3.63) is 107 Å². The highest BCUT2D eigenvalue weighted by Gasteiger charge is 2.45. The van der Waals surface area contributed by atoms with Crippen molar-refractivity contribution in [2.45, 2.75) is 62.9 Å². The van der Waals surface area contributed by atoms with Crippen LogP contribution >= 0.6 is 7.14 Å². The van der Waals surface area contributed by atoms with Crippen LogP contribution in [0.4, 0.5) is 11.4 Å². The molecule has 16 nitrogen and oxygen atoms in total. The lowest BCUT2D eigenvalue weighted by atomic mass is 10.0. The lowest BCUT2D eigenvalue weighted by Crippen LogP contribution is -2.46. The standard InChI is InChI=1S/C50H59N4O12PS/c1-6-7-20-67(57,21-8-18-65-46-27-41-39(25-44(46)63-4)49(55)53-30-34(23-36(53)29-51-41)32-10-14-37(61-2)15-11-32)22-9-19-66-47-28-42-40(26-45(47)64-5)50(56)54-31-35(33-12-16-38(62-3)17-13-33)24-43(54)48(52-42)68(58,59)60/h10-17,25-28,30-31,36,43,48,51-52H,6-9,18-24,29H2,1-5H3,(H,58,59,60)/t36-,43-,48?,67?/m0/s1. The van der Waals surface area contributed by atoms with E-state index in [1.807, 2.05) is 48.7 Å². The summed E-state index contributed by atoms with van der Waals surface area (Å²) in [5.74, 6) is 2.27. The number of nitrogens with one attached hydrogen (secondary N) is 2. The fourth-order valence-corrected chi connectivity index (χ4v) is 13.2. The van der Waals surface area contributed by atoms with Crippen LogP contribution in [-0.4, -0.2) is 119 Å². The first-order valence-electron chi connectivity index (χ1n) is 22.9. The van der Waals surface area contributed by atoms with Gasteiger partial charge in [-0.1, -0.05) is 37.6 Å². The third kappa shape index (κ3) is 10.3. The van der Waals surface area contributed by atoms with E-state index in [0.717, 1.165) is 40.9 Å². The molecule has 4 aliphatic heterocycles. The van der Waals surface area contributed by atoms with Crippen molar-refractivity contribution in [1.82, 2.24) is 9.80 Å². The van der Waals surface area contributed by atoms with Crippen LogP contribution in [0.25, 0.3) is 11.1 Å². The number of fused-ring (bicyclic) bond motifs is 4. The summed E-state index contributed by atoms with van der Waals surface area (Å²) in [6.45, 7) is 3.09. The molecule has 0 aromatic heterocycles. The zero-order chi connectivity index (χ0) is 48.2. The second-order valence-corrected chi connectivity index (χ2v) is 22.4.